The van der Waals surface area contributed by atoms with E-state index in [-0.39, 0.29) is 11.6 Å². The van der Waals surface area contributed by atoms with Crippen molar-refractivity contribution in [1.82, 2.24) is 0 Å². The molecule has 1 aliphatic rings. The number of allylic oxidation sites excluding steroid dienone is 3. The Morgan fingerprint density at radius 3 is 2.68 bits per heavy atom. The number of ether oxygens (including phenoxy) is 1. The van der Waals surface area contributed by atoms with Crippen LogP contribution in [0.1, 0.15) is 41.5 Å². The first kappa shape index (κ1) is 13.3. The van der Waals surface area contributed by atoms with Gasteiger partial charge in [0.1, 0.15) is 12.4 Å². The number of hydrogen-bond acceptors (Lipinski definition) is 3. The van der Waals surface area contributed by atoms with E-state index in [0.29, 0.717) is 29.1 Å². The van der Waals surface area contributed by atoms with Crippen molar-refractivity contribution in [3.63, 3.8) is 0 Å². The topological polar surface area (TPSA) is 43.4 Å². The van der Waals surface area contributed by atoms with Crippen molar-refractivity contribution in [2.75, 3.05) is 6.61 Å². The molecule has 19 heavy (non-hydrogen) atoms. The molecular formula is C16H16O3. The minimum Gasteiger partial charge on any atom is -0.489 e. The highest BCUT2D eigenvalue weighted by Crippen LogP contribution is 2.29. The number of benzene rings is 1. The van der Waals surface area contributed by atoms with E-state index in [1.165, 1.54) is 6.08 Å². The van der Waals surface area contributed by atoms with E-state index in [9.17, 15) is 9.59 Å². The second-order valence-electron chi connectivity index (χ2n) is 4.79. The monoisotopic (exact) mass is 256 g/mol. The van der Waals surface area contributed by atoms with Crippen molar-refractivity contribution in [2.45, 2.75) is 20.8 Å². The number of Topliss-reactive ketones (excluding diaryl/α,β-unsaturated/α-hetero) is 1. The Morgan fingerprint density at radius 1 is 1.26 bits per heavy atom. The quantitative estimate of drug-likeness (QED) is 0.779. The van der Waals surface area contributed by atoms with Gasteiger partial charge in [-0.2, -0.15) is 0 Å². The number of ketones is 2. The second kappa shape index (κ2) is 5.22. The fraction of sp³-hybridized carbons (Fsp3) is 0.250. The van der Waals surface area contributed by atoms with Gasteiger partial charge in [0.2, 0.25) is 0 Å². The molecule has 1 aliphatic carbocycles. The molecule has 0 saturated carbocycles. The summed E-state index contributed by atoms with van der Waals surface area (Å²) in [5.74, 6) is 0.194. The van der Waals surface area contributed by atoms with Crippen molar-refractivity contribution in [3.05, 3.63) is 52.6 Å². The predicted molar refractivity (Wildman–Crippen MR) is 73.8 cm³/mol. The molecule has 0 heterocycles. The Labute approximate surface area is 112 Å². The number of hydrogen-bond donors (Lipinski definition) is 0. The first-order valence-corrected chi connectivity index (χ1v) is 6.17. The first-order chi connectivity index (χ1) is 9.00. The molecule has 0 radical (unpaired) electrons. The zero-order chi connectivity index (χ0) is 14.0. The van der Waals surface area contributed by atoms with Crippen LogP contribution in [0.3, 0.4) is 0 Å². The van der Waals surface area contributed by atoms with Crippen molar-refractivity contribution >= 4 is 11.6 Å². The standard InChI is InChI=1S/C16H16O3/c1-10(2)7-8-19-14-6-4-5-12-15(14)13(17)9-11(3)16(12)18/h4-7,9H,8H2,1-3H3. The van der Waals surface area contributed by atoms with Crippen LogP contribution in [0.2, 0.25) is 0 Å². The Kier molecular flexibility index (Phi) is 3.65. The van der Waals surface area contributed by atoms with E-state index < -0.39 is 0 Å². The van der Waals surface area contributed by atoms with Crippen molar-refractivity contribution in [3.8, 4) is 5.75 Å². The zero-order valence-electron chi connectivity index (χ0n) is 11.3. The van der Waals surface area contributed by atoms with Crippen LogP contribution >= 0.6 is 0 Å². The maximum Gasteiger partial charge on any atom is 0.190 e. The molecule has 0 aromatic heterocycles. The summed E-state index contributed by atoms with van der Waals surface area (Å²) in [6, 6.07) is 5.12. The molecule has 0 unspecified atom stereocenters. The van der Waals surface area contributed by atoms with E-state index >= 15 is 0 Å². The summed E-state index contributed by atoms with van der Waals surface area (Å²) < 4.78 is 5.59. The molecule has 98 valence electrons. The molecule has 0 amide bonds. The van der Waals surface area contributed by atoms with Crippen molar-refractivity contribution in [2.24, 2.45) is 0 Å². The minimum absolute atomic E-state index is 0.109. The molecule has 0 N–H and O–H groups in total. The average molecular weight is 256 g/mol. The van der Waals surface area contributed by atoms with Gasteiger partial charge in [-0.05, 0) is 39.0 Å². The molecule has 1 aromatic carbocycles. The van der Waals surface area contributed by atoms with Crippen LogP contribution in [0.15, 0.2) is 41.5 Å². The molecule has 0 fully saturated rings. The maximum absolute atomic E-state index is 12.0. The molecule has 0 atom stereocenters. The van der Waals surface area contributed by atoms with Crippen LogP contribution in [0.5, 0.6) is 5.75 Å². The van der Waals surface area contributed by atoms with E-state index in [0.717, 1.165) is 5.57 Å². The number of carbonyl (C=O) groups is 2. The molecule has 3 heteroatoms. The minimum atomic E-state index is -0.167. The van der Waals surface area contributed by atoms with Crippen molar-refractivity contribution in [1.29, 1.82) is 0 Å². The molecule has 2 rings (SSSR count). The summed E-state index contributed by atoms with van der Waals surface area (Å²) in [5.41, 5.74) is 2.42. The molecule has 0 aliphatic heterocycles. The zero-order valence-corrected chi connectivity index (χ0v) is 11.3. The summed E-state index contributed by atoms with van der Waals surface area (Å²) in [4.78, 5) is 24.0. The van der Waals surface area contributed by atoms with E-state index in [1.54, 1.807) is 25.1 Å². The third kappa shape index (κ3) is 2.65. The highest BCUT2D eigenvalue weighted by molar-refractivity contribution is 6.25. The molecular weight excluding hydrogens is 240 g/mol. The lowest BCUT2D eigenvalue weighted by Crippen LogP contribution is -2.17. The number of fused-ring (bicyclic) bond motifs is 1. The van der Waals surface area contributed by atoms with E-state index in [2.05, 4.69) is 0 Å². The van der Waals surface area contributed by atoms with Gasteiger partial charge in [0.25, 0.3) is 0 Å². The largest absolute Gasteiger partial charge is 0.489 e. The Hall–Kier alpha value is -2.16. The van der Waals surface area contributed by atoms with Gasteiger partial charge in [0, 0.05) is 11.1 Å². The molecule has 0 bridgehead atoms. The van der Waals surface area contributed by atoms with Crippen LogP contribution in [0.4, 0.5) is 0 Å². The summed E-state index contributed by atoms with van der Waals surface area (Å²) in [6.07, 6.45) is 3.30. The molecule has 0 spiro atoms. The van der Waals surface area contributed by atoms with Gasteiger partial charge >= 0.3 is 0 Å². The summed E-state index contributed by atoms with van der Waals surface area (Å²) in [7, 11) is 0. The third-order valence-corrected chi connectivity index (χ3v) is 2.95. The molecule has 3 nitrogen and oxygen atoms in total. The Bertz CT molecular complexity index is 602. The van der Waals surface area contributed by atoms with Crippen LogP contribution in [0, 0.1) is 0 Å². The third-order valence-electron chi connectivity index (χ3n) is 2.95. The van der Waals surface area contributed by atoms with E-state index in [4.69, 9.17) is 4.74 Å². The summed E-state index contributed by atoms with van der Waals surface area (Å²) >= 11 is 0. The highest BCUT2D eigenvalue weighted by atomic mass is 16.5. The fourth-order valence-corrected chi connectivity index (χ4v) is 1.94. The number of rotatable bonds is 3. The van der Waals surface area contributed by atoms with E-state index in [1.807, 2.05) is 19.9 Å². The lowest BCUT2D eigenvalue weighted by Gasteiger charge is -2.16. The van der Waals surface area contributed by atoms with Gasteiger partial charge in [0.15, 0.2) is 11.6 Å². The molecule has 0 saturated heterocycles. The summed E-state index contributed by atoms with van der Waals surface area (Å²) in [5, 5.41) is 0. The van der Waals surface area contributed by atoms with Crippen LogP contribution in [0.25, 0.3) is 0 Å². The van der Waals surface area contributed by atoms with Gasteiger partial charge in [-0.15, -0.1) is 0 Å². The van der Waals surface area contributed by atoms with Crippen molar-refractivity contribution < 1.29 is 14.3 Å². The lowest BCUT2D eigenvalue weighted by atomic mass is 9.89. The van der Waals surface area contributed by atoms with Crippen LogP contribution in [-0.2, 0) is 0 Å². The molecule has 1 aromatic rings. The van der Waals surface area contributed by atoms with Gasteiger partial charge in [-0.25, -0.2) is 0 Å². The van der Waals surface area contributed by atoms with Gasteiger partial charge < -0.3 is 4.74 Å². The number of carbonyl (C=O) groups excluding carboxylic acids is 2. The van der Waals surface area contributed by atoms with Gasteiger partial charge in [-0.1, -0.05) is 17.7 Å². The maximum atomic E-state index is 12.0. The first-order valence-electron chi connectivity index (χ1n) is 6.17. The highest BCUT2D eigenvalue weighted by Gasteiger charge is 2.26. The SMILES string of the molecule is CC(C)=CCOc1cccc2c1C(=O)C=C(C)C2=O. The average Bonchev–Trinajstić information content (AvgIpc) is 2.35. The normalized spacial score (nSPS) is 13.7. The van der Waals surface area contributed by atoms with Gasteiger partial charge in [0.05, 0.1) is 5.56 Å². The predicted octanol–water partition coefficient (Wildman–Crippen LogP) is 3.36. The fourth-order valence-electron chi connectivity index (χ4n) is 1.94. The summed E-state index contributed by atoms with van der Waals surface area (Å²) in [6.45, 7) is 6.00. The Balaban J connectivity index is 2.38. The second-order valence-corrected chi connectivity index (χ2v) is 4.79. The smallest absolute Gasteiger partial charge is 0.190 e. The van der Waals surface area contributed by atoms with Gasteiger partial charge in [-0.3, -0.25) is 9.59 Å². The van der Waals surface area contributed by atoms with Crippen LogP contribution < -0.4 is 4.74 Å². The Morgan fingerprint density at radius 2 is 2.00 bits per heavy atom. The lowest BCUT2D eigenvalue weighted by molar-refractivity contribution is 0.0981. The van der Waals surface area contributed by atoms with Crippen LogP contribution in [-0.4, -0.2) is 18.2 Å².